The summed E-state index contributed by atoms with van der Waals surface area (Å²) in [6, 6.07) is 15.3. The summed E-state index contributed by atoms with van der Waals surface area (Å²) >= 11 is 0. The van der Waals surface area contributed by atoms with E-state index in [-0.39, 0.29) is 48.4 Å². The van der Waals surface area contributed by atoms with Crippen molar-refractivity contribution in [1.82, 2.24) is 5.06 Å². The van der Waals surface area contributed by atoms with E-state index in [1.54, 1.807) is 56.3 Å². The predicted octanol–water partition coefficient (Wildman–Crippen LogP) is 3.59. The van der Waals surface area contributed by atoms with Crippen molar-refractivity contribution in [2.75, 3.05) is 45.3 Å². The van der Waals surface area contributed by atoms with Crippen molar-refractivity contribution in [3.63, 3.8) is 0 Å². The molecule has 4 aromatic rings. The van der Waals surface area contributed by atoms with Gasteiger partial charge in [-0.15, -0.1) is 0 Å². The number of imide groups is 1. The Labute approximate surface area is 325 Å². The van der Waals surface area contributed by atoms with E-state index in [0.717, 1.165) is 0 Å². The van der Waals surface area contributed by atoms with Crippen LogP contribution in [-0.2, 0) is 41.2 Å². The van der Waals surface area contributed by atoms with Crippen molar-refractivity contribution in [2.45, 2.75) is 58.8 Å². The number of para-hydroxylation sites is 1. The average molecular weight is 818 g/mol. The topological polar surface area (TPSA) is 215 Å². The highest BCUT2D eigenvalue weighted by Gasteiger charge is 2.33. The molecule has 1 saturated heterocycles. The molecule has 0 saturated carbocycles. The average Bonchev–Trinajstić information content (AvgIpc) is 3.42. The third-order valence-electron chi connectivity index (χ3n) is 9.50. The summed E-state index contributed by atoms with van der Waals surface area (Å²) in [5, 5.41) is 12.2. The van der Waals surface area contributed by atoms with Crippen LogP contribution in [0.1, 0.15) is 65.4 Å². The molecule has 5 rings (SSSR count). The van der Waals surface area contributed by atoms with Crippen LogP contribution in [0.15, 0.2) is 54.6 Å². The number of hydroxylamine groups is 2. The summed E-state index contributed by atoms with van der Waals surface area (Å²) in [6.45, 7) is 5.02. The number of fused-ring (bicyclic) bond motifs is 2. The van der Waals surface area contributed by atoms with Gasteiger partial charge in [-0.2, -0.15) is 26.5 Å². The van der Waals surface area contributed by atoms with Crippen LogP contribution in [-0.4, -0.2) is 104 Å². The fourth-order valence-electron chi connectivity index (χ4n) is 6.84. The van der Waals surface area contributed by atoms with Gasteiger partial charge in [-0.3, -0.25) is 18.7 Å². The maximum absolute atomic E-state index is 14.4. The molecule has 18 heteroatoms. The van der Waals surface area contributed by atoms with Gasteiger partial charge in [0.05, 0.1) is 61.6 Å². The number of aromatic nitrogens is 1. The lowest BCUT2D eigenvalue weighted by atomic mass is 10.0. The number of aliphatic hydroxyl groups excluding tert-OH is 1. The molecule has 1 fully saturated rings. The van der Waals surface area contributed by atoms with Gasteiger partial charge in [0.25, 0.3) is 32.1 Å². The maximum Gasteiger partial charge on any atom is 0.345 e. The second-order valence-corrected chi connectivity index (χ2v) is 17.6. The SMILES string of the molecule is Cc1cc(C(O)ON2C(=O)CCC2=O)cc(C)c1OC(=O)c1c2ccccc2[n+](CCCS(=O)(=O)O)c2ccc(OCCC[N+](C)(C)CCCS(=O)(=O)O)cc12. The van der Waals surface area contributed by atoms with Gasteiger partial charge in [0.2, 0.25) is 17.3 Å². The summed E-state index contributed by atoms with van der Waals surface area (Å²) in [5.74, 6) is -1.94. The van der Waals surface area contributed by atoms with E-state index in [1.807, 2.05) is 18.7 Å². The summed E-state index contributed by atoms with van der Waals surface area (Å²) in [5.41, 5.74) is 2.55. The lowest BCUT2D eigenvalue weighted by molar-refractivity contribution is -0.890. The summed E-state index contributed by atoms with van der Waals surface area (Å²) in [6.07, 6.45) is -0.670. The molecule has 2 amide bonds. The Kier molecular flexibility index (Phi) is 13.1. The van der Waals surface area contributed by atoms with Gasteiger partial charge in [-0.05, 0) is 55.3 Å². The van der Waals surface area contributed by atoms with Crippen molar-refractivity contribution >= 4 is 59.8 Å². The minimum atomic E-state index is -4.23. The molecule has 2 heterocycles. The number of rotatable bonds is 18. The second-order valence-electron chi connectivity index (χ2n) is 14.5. The van der Waals surface area contributed by atoms with Crippen LogP contribution in [0.3, 0.4) is 0 Å². The Morgan fingerprint density at radius 1 is 0.839 bits per heavy atom. The van der Waals surface area contributed by atoms with Crippen LogP contribution in [0.2, 0.25) is 0 Å². The number of hydrogen-bond donors (Lipinski definition) is 3. The summed E-state index contributed by atoms with van der Waals surface area (Å²) in [7, 11) is -4.36. The number of esters is 1. The van der Waals surface area contributed by atoms with Crippen molar-refractivity contribution < 1.29 is 68.8 Å². The first kappa shape index (κ1) is 42.6. The first-order valence-electron chi connectivity index (χ1n) is 18.0. The van der Waals surface area contributed by atoms with Crippen LogP contribution in [0.5, 0.6) is 11.5 Å². The van der Waals surface area contributed by atoms with E-state index in [9.17, 15) is 40.9 Å². The molecule has 302 valence electrons. The zero-order chi connectivity index (χ0) is 41.0. The van der Waals surface area contributed by atoms with Gasteiger partial charge in [0.15, 0.2) is 6.54 Å². The maximum atomic E-state index is 14.4. The molecular formula is C38H47N3O13S2+2. The molecule has 0 bridgehead atoms. The molecule has 0 spiro atoms. The lowest BCUT2D eigenvalue weighted by Crippen LogP contribution is -2.42. The van der Waals surface area contributed by atoms with E-state index < -0.39 is 50.1 Å². The van der Waals surface area contributed by atoms with Gasteiger partial charge in [-0.25, -0.2) is 9.63 Å². The highest BCUT2D eigenvalue weighted by molar-refractivity contribution is 7.86. The van der Waals surface area contributed by atoms with Crippen molar-refractivity contribution in [1.29, 1.82) is 0 Å². The second kappa shape index (κ2) is 17.3. The number of pyridine rings is 1. The quantitative estimate of drug-likeness (QED) is 0.0151. The zero-order valence-electron chi connectivity index (χ0n) is 31.6. The molecule has 3 N–H and O–H groups in total. The molecule has 0 radical (unpaired) electrons. The Morgan fingerprint density at radius 3 is 2.07 bits per heavy atom. The van der Waals surface area contributed by atoms with Gasteiger partial charge >= 0.3 is 5.97 Å². The molecule has 1 aromatic heterocycles. The molecule has 1 atom stereocenters. The fourth-order valence-corrected chi connectivity index (χ4v) is 7.82. The Morgan fingerprint density at radius 2 is 1.43 bits per heavy atom. The number of ether oxygens (including phenoxy) is 2. The summed E-state index contributed by atoms with van der Waals surface area (Å²) < 4.78 is 78.5. The number of nitrogens with zero attached hydrogens (tertiary/aromatic N) is 3. The molecule has 3 aromatic carbocycles. The number of amides is 2. The molecule has 56 heavy (non-hydrogen) atoms. The van der Waals surface area contributed by atoms with Crippen LogP contribution in [0.4, 0.5) is 0 Å². The largest absolute Gasteiger partial charge is 0.493 e. The Balaban J connectivity index is 1.46. The van der Waals surface area contributed by atoms with E-state index in [0.29, 0.717) is 80.8 Å². The molecule has 0 aliphatic carbocycles. The van der Waals surface area contributed by atoms with Crippen LogP contribution in [0, 0.1) is 13.8 Å². The fraction of sp³-hybridized carbons (Fsp3) is 0.421. The van der Waals surface area contributed by atoms with E-state index in [4.69, 9.17) is 18.9 Å². The van der Waals surface area contributed by atoms with Crippen molar-refractivity contribution in [3.05, 3.63) is 76.9 Å². The van der Waals surface area contributed by atoms with E-state index in [1.165, 1.54) is 12.1 Å². The third kappa shape index (κ3) is 10.8. The molecule has 1 unspecified atom stereocenters. The minimum Gasteiger partial charge on any atom is -0.493 e. The first-order chi connectivity index (χ1) is 26.2. The highest BCUT2D eigenvalue weighted by atomic mass is 32.2. The Hall–Kier alpha value is -4.56. The van der Waals surface area contributed by atoms with E-state index >= 15 is 0 Å². The Bertz CT molecular complexity index is 2340. The number of benzene rings is 3. The van der Waals surface area contributed by atoms with Crippen LogP contribution >= 0.6 is 0 Å². The van der Waals surface area contributed by atoms with Gasteiger partial charge in [0, 0.05) is 49.8 Å². The lowest BCUT2D eigenvalue weighted by Gasteiger charge is -2.29. The van der Waals surface area contributed by atoms with Crippen molar-refractivity contribution in [3.8, 4) is 11.5 Å². The van der Waals surface area contributed by atoms with Crippen LogP contribution in [0.25, 0.3) is 21.8 Å². The number of aliphatic hydroxyl groups is 1. The number of hydrogen-bond acceptors (Lipinski definition) is 11. The number of quaternary nitrogens is 1. The first-order valence-corrected chi connectivity index (χ1v) is 21.2. The molecule has 16 nitrogen and oxygen atoms in total. The predicted molar refractivity (Wildman–Crippen MR) is 204 cm³/mol. The van der Waals surface area contributed by atoms with Crippen molar-refractivity contribution in [2.24, 2.45) is 0 Å². The number of carbonyl (C=O) groups is 3. The van der Waals surface area contributed by atoms with Gasteiger partial charge in [-0.1, -0.05) is 12.1 Å². The third-order valence-corrected chi connectivity index (χ3v) is 11.1. The number of carbonyl (C=O) groups excluding carboxylic acids is 3. The van der Waals surface area contributed by atoms with E-state index in [2.05, 4.69) is 0 Å². The van der Waals surface area contributed by atoms with Crippen LogP contribution < -0.4 is 14.0 Å². The smallest absolute Gasteiger partial charge is 0.345 e. The normalized spacial score (nSPS) is 14.5. The number of aryl methyl sites for hydroxylation is 3. The van der Waals surface area contributed by atoms with Gasteiger partial charge < -0.3 is 19.1 Å². The minimum absolute atomic E-state index is 0.0126. The molecule has 1 aliphatic rings. The highest BCUT2D eigenvalue weighted by Crippen LogP contribution is 2.33. The molecule has 1 aliphatic heterocycles. The molecular weight excluding hydrogens is 771 g/mol. The van der Waals surface area contributed by atoms with Gasteiger partial charge in [0.1, 0.15) is 11.5 Å². The zero-order valence-corrected chi connectivity index (χ0v) is 33.3. The summed E-state index contributed by atoms with van der Waals surface area (Å²) in [4.78, 5) is 43.7. The monoisotopic (exact) mass is 817 g/mol. The standard InChI is InChI=1S/C38H45N3O13S2/c1-25-22-27(37(44)54-40-33(42)14-15-34(40)43)23-26(2)36(25)53-38(45)35-29-10-5-6-11-31(29)39(16-7-20-55(46,47)48)32-13-12-28(24-30(32)35)52-19-8-17-41(3,4)18-9-21-56(49,50)51/h5-6,10-13,22-24,37,44H,7-9,14-21H2,1-4H3/p+2.